The van der Waals surface area contributed by atoms with Gasteiger partial charge in [0.05, 0.1) is 4.90 Å². The molecule has 1 rings (SSSR count). The van der Waals surface area contributed by atoms with Crippen LogP contribution < -0.4 is 4.83 Å². The van der Waals surface area contributed by atoms with Crippen LogP contribution in [0.15, 0.2) is 34.3 Å². The summed E-state index contributed by atoms with van der Waals surface area (Å²) in [7, 11) is -3.63. The number of rotatable bonds is 3. The molecule has 0 saturated heterocycles. The Bertz CT molecular complexity index is 600. The van der Waals surface area contributed by atoms with Crippen LogP contribution in [0.2, 0.25) is 0 Å². The first-order chi connectivity index (χ1) is 9.34. The Morgan fingerprint density at radius 2 is 1.38 bits per heavy atom. The van der Waals surface area contributed by atoms with Crippen LogP contribution in [-0.4, -0.2) is 14.1 Å². The van der Waals surface area contributed by atoms with E-state index < -0.39 is 10.0 Å². The van der Waals surface area contributed by atoms with Gasteiger partial charge in [-0.05, 0) is 19.1 Å². The van der Waals surface area contributed by atoms with Crippen LogP contribution in [0, 0.1) is 17.8 Å². The predicted octanol–water partition coefficient (Wildman–Crippen LogP) is 3.72. The summed E-state index contributed by atoms with van der Waals surface area (Å²) in [4.78, 5) is 2.59. The zero-order valence-electron chi connectivity index (χ0n) is 14.0. The number of nitrogens with one attached hydrogen (secondary N) is 1. The first-order valence-corrected chi connectivity index (χ1v) is 8.49. The number of nitrogens with zero attached hydrogens (tertiary/aromatic N) is 1. The van der Waals surface area contributed by atoms with Gasteiger partial charge in [-0.25, -0.2) is 4.83 Å². The van der Waals surface area contributed by atoms with Crippen molar-refractivity contribution in [1.29, 1.82) is 0 Å². The van der Waals surface area contributed by atoms with Gasteiger partial charge in [0.2, 0.25) is 0 Å². The van der Waals surface area contributed by atoms with Gasteiger partial charge in [0.25, 0.3) is 10.0 Å². The number of aryl methyl sites for hydroxylation is 1. The van der Waals surface area contributed by atoms with Gasteiger partial charge in [-0.15, -0.1) is 0 Å². The summed E-state index contributed by atoms with van der Waals surface area (Å²) in [5.74, 6) is 0. The molecule has 0 unspecified atom stereocenters. The van der Waals surface area contributed by atoms with Crippen molar-refractivity contribution >= 4 is 15.7 Å². The Balaban J connectivity index is 3.13. The van der Waals surface area contributed by atoms with Crippen LogP contribution in [0.3, 0.4) is 0 Å². The maximum absolute atomic E-state index is 12.3. The molecule has 0 radical (unpaired) electrons. The third-order valence-electron chi connectivity index (χ3n) is 3.03. The van der Waals surface area contributed by atoms with Crippen molar-refractivity contribution in [3.05, 3.63) is 29.8 Å². The highest BCUT2D eigenvalue weighted by Crippen LogP contribution is 2.29. The van der Waals surface area contributed by atoms with Crippen molar-refractivity contribution in [3.8, 4) is 0 Å². The SMILES string of the molecule is Cc1ccc(S(=O)(=O)NN=C(C(C)(C)C)C(C)(C)C)cc1. The minimum absolute atomic E-state index is 0.214. The summed E-state index contributed by atoms with van der Waals surface area (Å²) in [6.45, 7) is 14.1. The van der Waals surface area contributed by atoms with E-state index in [-0.39, 0.29) is 15.7 Å². The highest BCUT2D eigenvalue weighted by Gasteiger charge is 2.30. The van der Waals surface area contributed by atoms with Crippen LogP contribution in [-0.2, 0) is 10.0 Å². The maximum Gasteiger partial charge on any atom is 0.276 e. The van der Waals surface area contributed by atoms with Gasteiger partial charge < -0.3 is 0 Å². The molecule has 0 spiro atoms. The lowest BCUT2D eigenvalue weighted by molar-refractivity contribution is 0.473. The quantitative estimate of drug-likeness (QED) is 0.683. The average molecular weight is 310 g/mol. The van der Waals surface area contributed by atoms with Crippen molar-refractivity contribution in [2.45, 2.75) is 53.4 Å². The zero-order valence-corrected chi connectivity index (χ0v) is 14.8. The molecule has 118 valence electrons. The van der Waals surface area contributed by atoms with E-state index in [0.29, 0.717) is 0 Å². The molecule has 1 N–H and O–H groups in total. The molecule has 1 aromatic carbocycles. The minimum Gasteiger partial charge on any atom is -0.200 e. The van der Waals surface area contributed by atoms with Gasteiger partial charge in [-0.2, -0.15) is 13.5 Å². The Morgan fingerprint density at radius 3 is 1.76 bits per heavy atom. The number of benzene rings is 1. The molecular weight excluding hydrogens is 284 g/mol. The molecule has 0 fully saturated rings. The number of hydrazone groups is 1. The second-order valence-electron chi connectivity index (χ2n) is 7.37. The largest absolute Gasteiger partial charge is 0.276 e. The molecule has 0 amide bonds. The summed E-state index contributed by atoms with van der Waals surface area (Å²) < 4.78 is 24.6. The molecule has 0 bridgehead atoms. The smallest absolute Gasteiger partial charge is 0.200 e. The second kappa shape index (κ2) is 5.79. The van der Waals surface area contributed by atoms with Gasteiger partial charge in [0.15, 0.2) is 0 Å². The fourth-order valence-electron chi connectivity index (χ4n) is 2.34. The highest BCUT2D eigenvalue weighted by molar-refractivity contribution is 7.89. The van der Waals surface area contributed by atoms with E-state index in [1.165, 1.54) is 0 Å². The lowest BCUT2D eigenvalue weighted by Gasteiger charge is -2.31. The van der Waals surface area contributed by atoms with Crippen LogP contribution in [0.5, 0.6) is 0 Å². The highest BCUT2D eigenvalue weighted by atomic mass is 32.2. The molecule has 0 saturated carbocycles. The standard InChI is InChI=1S/C16H26N2O2S/c1-12-8-10-13(11-9-12)21(19,20)18-17-14(15(2,3)4)16(5,6)7/h8-11,18H,1-7H3. The van der Waals surface area contributed by atoms with Crippen molar-refractivity contribution in [1.82, 2.24) is 4.83 Å². The number of hydrogen-bond donors (Lipinski definition) is 1. The summed E-state index contributed by atoms with van der Waals surface area (Å²) in [6.07, 6.45) is 0. The van der Waals surface area contributed by atoms with Crippen LogP contribution in [0.1, 0.15) is 47.1 Å². The summed E-state index contributed by atoms with van der Waals surface area (Å²) in [6, 6.07) is 6.71. The number of hydrogen-bond acceptors (Lipinski definition) is 3. The van der Waals surface area contributed by atoms with Crippen molar-refractivity contribution in [2.24, 2.45) is 15.9 Å². The van der Waals surface area contributed by atoms with Crippen molar-refractivity contribution in [2.75, 3.05) is 0 Å². The fourth-order valence-corrected chi connectivity index (χ4v) is 3.15. The van der Waals surface area contributed by atoms with Crippen molar-refractivity contribution in [3.63, 3.8) is 0 Å². The van der Waals surface area contributed by atoms with E-state index in [2.05, 4.69) is 9.93 Å². The van der Waals surface area contributed by atoms with E-state index >= 15 is 0 Å². The lowest BCUT2D eigenvalue weighted by Crippen LogP contribution is -2.35. The third kappa shape index (κ3) is 4.84. The molecule has 0 aliphatic heterocycles. The monoisotopic (exact) mass is 310 g/mol. The summed E-state index contributed by atoms with van der Waals surface area (Å²) in [5, 5.41) is 4.22. The molecular formula is C16H26N2O2S. The molecule has 0 aromatic heterocycles. The molecule has 0 atom stereocenters. The summed E-state index contributed by atoms with van der Waals surface area (Å²) >= 11 is 0. The van der Waals surface area contributed by atoms with E-state index in [1.807, 2.05) is 48.5 Å². The van der Waals surface area contributed by atoms with Crippen LogP contribution in [0.4, 0.5) is 0 Å². The Labute approximate surface area is 128 Å². The van der Waals surface area contributed by atoms with E-state index in [9.17, 15) is 8.42 Å². The average Bonchev–Trinajstić information content (AvgIpc) is 2.25. The Morgan fingerprint density at radius 1 is 0.952 bits per heavy atom. The molecule has 1 aromatic rings. The normalized spacial score (nSPS) is 12.9. The molecule has 0 heterocycles. The first kappa shape index (κ1) is 17.7. The van der Waals surface area contributed by atoms with Gasteiger partial charge >= 0.3 is 0 Å². The molecule has 5 heteroatoms. The maximum atomic E-state index is 12.3. The Kier molecular flexibility index (Phi) is 4.88. The first-order valence-electron chi connectivity index (χ1n) is 7.01. The van der Waals surface area contributed by atoms with E-state index in [1.54, 1.807) is 24.3 Å². The lowest BCUT2D eigenvalue weighted by atomic mass is 9.75. The number of sulfonamides is 1. The van der Waals surface area contributed by atoms with Crippen molar-refractivity contribution < 1.29 is 8.42 Å². The third-order valence-corrected chi connectivity index (χ3v) is 4.25. The predicted molar refractivity (Wildman–Crippen MR) is 87.8 cm³/mol. The van der Waals surface area contributed by atoms with Crippen LogP contribution in [0.25, 0.3) is 0 Å². The topological polar surface area (TPSA) is 58.5 Å². The molecule has 0 aliphatic carbocycles. The molecule has 4 nitrogen and oxygen atoms in total. The summed E-state index contributed by atoms with van der Waals surface area (Å²) in [5.41, 5.74) is 1.40. The molecule has 21 heavy (non-hydrogen) atoms. The second-order valence-corrected chi connectivity index (χ2v) is 9.03. The van der Waals surface area contributed by atoms with Crippen LogP contribution >= 0.6 is 0 Å². The Hall–Kier alpha value is -1.36. The minimum atomic E-state index is -3.63. The van der Waals surface area contributed by atoms with E-state index in [0.717, 1.165) is 11.3 Å². The van der Waals surface area contributed by atoms with Gasteiger partial charge in [0.1, 0.15) is 0 Å². The van der Waals surface area contributed by atoms with Gasteiger partial charge in [-0.1, -0.05) is 59.2 Å². The van der Waals surface area contributed by atoms with Gasteiger partial charge in [-0.3, -0.25) is 0 Å². The van der Waals surface area contributed by atoms with Gasteiger partial charge in [0, 0.05) is 16.5 Å². The van der Waals surface area contributed by atoms with E-state index in [4.69, 9.17) is 0 Å². The fraction of sp³-hybridized carbons (Fsp3) is 0.562. The zero-order chi connectivity index (χ0) is 16.5. The molecule has 0 aliphatic rings.